The van der Waals surface area contributed by atoms with Crippen molar-refractivity contribution in [3.05, 3.63) is 99.5 Å². The molecule has 0 aromatic heterocycles. The minimum Gasteiger partial charge on any atom is -0.334 e. The molecular formula is C27H27Cl2N3O2. The Morgan fingerprint density at radius 1 is 0.853 bits per heavy atom. The number of hydrogen-bond acceptors (Lipinski definition) is 2. The molecular weight excluding hydrogens is 469 g/mol. The maximum Gasteiger partial charge on any atom is 0.315 e. The van der Waals surface area contributed by atoms with Gasteiger partial charge >= 0.3 is 6.03 Å². The lowest BCUT2D eigenvalue weighted by atomic mass is 9.89. The van der Waals surface area contributed by atoms with Gasteiger partial charge in [0.15, 0.2) is 0 Å². The van der Waals surface area contributed by atoms with Crippen LogP contribution in [0.5, 0.6) is 0 Å². The van der Waals surface area contributed by atoms with E-state index in [-0.39, 0.29) is 17.9 Å². The van der Waals surface area contributed by atoms with Gasteiger partial charge in [-0.3, -0.25) is 4.79 Å². The molecule has 176 valence electrons. The first kappa shape index (κ1) is 24.1. The molecule has 1 heterocycles. The summed E-state index contributed by atoms with van der Waals surface area (Å²) in [5.41, 5.74) is 3.87. The van der Waals surface area contributed by atoms with Crippen molar-refractivity contribution in [3.63, 3.8) is 0 Å². The number of benzene rings is 3. The lowest BCUT2D eigenvalue weighted by Gasteiger charge is -2.34. The number of para-hydroxylation sites is 1. The highest BCUT2D eigenvalue weighted by atomic mass is 35.5. The van der Waals surface area contributed by atoms with Crippen LogP contribution >= 0.6 is 23.2 Å². The number of carbonyl (C=O) groups is 2. The molecule has 5 nitrogen and oxygen atoms in total. The maximum absolute atomic E-state index is 12.7. The van der Waals surface area contributed by atoms with Gasteiger partial charge in [-0.25, -0.2) is 4.79 Å². The van der Waals surface area contributed by atoms with Crippen LogP contribution < -0.4 is 15.5 Å². The Hall–Kier alpha value is -3.02. The molecule has 0 bridgehead atoms. The summed E-state index contributed by atoms with van der Waals surface area (Å²) in [6.45, 7) is 1.47. The lowest BCUT2D eigenvalue weighted by Crippen LogP contribution is -2.41. The van der Waals surface area contributed by atoms with Crippen LogP contribution in [0.3, 0.4) is 0 Å². The number of piperidine rings is 1. The summed E-state index contributed by atoms with van der Waals surface area (Å²) in [6, 6.07) is 23.0. The second-order valence-electron chi connectivity index (χ2n) is 8.47. The van der Waals surface area contributed by atoms with Crippen molar-refractivity contribution in [1.82, 2.24) is 10.6 Å². The van der Waals surface area contributed by atoms with Crippen molar-refractivity contribution < 1.29 is 9.59 Å². The minimum atomic E-state index is -0.207. The van der Waals surface area contributed by atoms with Crippen molar-refractivity contribution >= 4 is 40.8 Å². The molecule has 3 amide bonds. The molecule has 3 aromatic rings. The number of anilines is 1. The first-order valence-corrected chi connectivity index (χ1v) is 12.1. The minimum absolute atomic E-state index is 0.0382. The predicted octanol–water partition coefficient (Wildman–Crippen LogP) is 5.98. The zero-order valence-electron chi connectivity index (χ0n) is 18.8. The highest BCUT2D eigenvalue weighted by molar-refractivity contribution is 6.39. The summed E-state index contributed by atoms with van der Waals surface area (Å²) in [6.07, 6.45) is 2.06. The smallest absolute Gasteiger partial charge is 0.315 e. The molecule has 1 aliphatic rings. The van der Waals surface area contributed by atoms with E-state index in [1.807, 2.05) is 48.5 Å². The highest BCUT2D eigenvalue weighted by Crippen LogP contribution is 2.37. The van der Waals surface area contributed by atoms with Gasteiger partial charge in [0, 0.05) is 26.1 Å². The molecule has 7 heteroatoms. The van der Waals surface area contributed by atoms with Crippen molar-refractivity contribution in [1.29, 1.82) is 0 Å². The fraction of sp³-hybridized carbons (Fsp3) is 0.259. The standard InChI is InChI=1S/C27H27Cl2N3O2/c28-23-11-6-12-24(29)26(23)32-18-20(13-14-25(32)33)15-21-9-4-5-10-22(21)17-31-27(34)30-16-19-7-2-1-3-8-19/h1-12,20H,13-18H2,(H2,30,31,34). The predicted molar refractivity (Wildman–Crippen MR) is 137 cm³/mol. The van der Waals surface area contributed by atoms with Crippen molar-refractivity contribution in [2.24, 2.45) is 5.92 Å². The van der Waals surface area contributed by atoms with Gasteiger partial charge in [-0.2, -0.15) is 0 Å². The Kier molecular flexibility index (Phi) is 8.09. The molecule has 0 spiro atoms. The van der Waals surface area contributed by atoms with E-state index >= 15 is 0 Å². The summed E-state index contributed by atoms with van der Waals surface area (Å²) in [7, 11) is 0. The number of nitrogens with zero attached hydrogens (tertiary/aromatic N) is 1. The normalized spacial score (nSPS) is 15.8. The van der Waals surface area contributed by atoms with E-state index in [4.69, 9.17) is 23.2 Å². The fourth-order valence-corrected chi connectivity index (χ4v) is 4.90. The first-order valence-electron chi connectivity index (χ1n) is 11.4. The maximum atomic E-state index is 12.7. The third kappa shape index (κ3) is 6.10. The Bertz CT molecular complexity index is 1130. The monoisotopic (exact) mass is 495 g/mol. The Morgan fingerprint density at radius 2 is 1.50 bits per heavy atom. The summed E-state index contributed by atoms with van der Waals surface area (Å²) >= 11 is 12.7. The van der Waals surface area contributed by atoms with Gasteiger partial charge in [-0.05, 0) is 47.6 Å². The molecule has 1 unspecified atom stereocenters. The van der Waals surface area contributed by atoms with E-state index in [2.05, 4.69) is 16.7 Å². The molecule has 1 fully saturated rings. The van der Waals surface area contributed by atoms with Crippen LogP contribution in [-0.2, 0) is 24.3 Å². The first-order chi connectivity index (χ1) is 16.5. The summed E-state index contributed by atoms with van der Waals surface area (Å²) in [5.74, 6) is 0.300. The molecule has 2 N–H and O–H groups in total. The Balaban J connectivity index is 1.38. The average Bonchev–Trinajstić information content (AvgIpc) is 2.84. The van der Waals surface area contributed by atoms with Gasteiger partial charge in [0.1, 0.15) is 0 Å². The largest absolute Gasteiger partial charge is 0.334 e. The van der Waals surface area contributed by atoms with Crippen LogP contribution in [0.25, 0.3) is 0 Å². The van der Waals surface area contributed by atoms with Gasteiger partial charge in [0.05, 0.1) is 15.7 Å². The molecule has 3 aromatic carbocycles. The Morgan fingerprint density at radius 3 is 2.24 bits per heavy atom. The zero-order valence-corrected chi connectivity index (χ0v) is 20.3. The molecule has 1 atom stereocenters. The number of nitrogens with one attached hydrogen (secondary N) is 2. The number of hydrogen-bond donors (Lipinski definition) is 2. The molecule has 34 heavy (non-hydrogen) atoms. The summed E-state index contributed by atoms with van der Waals surface area (Å²) in [4.78, 5) is 26.7. The van der Waals surface area contributed by atoms with E-state index < -0.39 is 0 Å². The van der Waals surface area contributed by atoms with E-state index in [9.17, 15) is 9.59 Å². The van der Waals surface area contributed by atoms with Crippen molar-refractivity contribution in [3.8, 4) is 0 Å². The van der Waals surface area contributed by atoms with E-state index in [1.54, 1.807) is 23.1 Å². The van der Waals surface area contributed by atoms with Crippen molar-refractivity contribution in [2.75, 3.05) is 11.4 Å². The topological polar surface area (TPSA) is 61.4 Å². The number of halogens is 2. The molecule has 0 aliphatic carbocycles. The number of carbonyl (C=O) groups excluding carboxylic acids is 2. The second kappa shape index (κ2) is 11.4. The molecule has 1 aliphatic heterocycles. The third-order valence-corrected chi connectivity index (χ3v) is 6.69. The van der Waals surface area contributed by atoms with E-state index in [0.29, 0.717) is 41.8 Å². The van der Waals surface area contributed by atoms with Crippen molar-refractivity contribution in [2.45, 2.75) is 32.4 Å². The zero-order chi connectivity index (χ0) is 23.9. The molecule has 4 rings (SSSR count). The molecule has 0 saturated carbocycles. The quantitative estimate of drug-likeness (QED) is 0.423. The van der Waals surface area contributed by atoms with Gasteiger partial charge in [-0.1, -0.05) is 83.9 Å². The fourth-order valence-electron chi connectivity index (χ4n) is 4.30. The molecule has 0 radical (unpaired) electrons. The van der Waals surface area contributed by atoms with E-state index in [1.165, 1.54) is 0 Å². The van der Waals surface area contributed by atoms with Gasteiger partial charge in [0.2, 0.25) is 5.91 Å². The highest BCUT2D eigenvalue weighted by Gasteiger charge is 2.29. The number of rotatable bonds is 7. The average molecular weight is 496 g/mol. The van der Waals surface area contributed by atoms with Gasteiger partial charge in [0.25, 0.3) is 0 Å². The Labute approximate surface area is 210 Å². The number of amides is 3. The van der Waals surface area contributed by atoms with Crippen LogP contribution in [0, 0.1) is 5.92 Å². The number of urea groups is 1. The van der Waals surface area contributed by atoms with Crippen LogP contribution in [0.15, 0.2) is 72.8 Å². The summed E-state index contributed by atoms with van der Waals surface area (Å²) in [5, 5.41) is 6.80. The van der Waals surface area contributed by atoms with Crippen LogP contribution in [0.2, 0.25) is 10.0 Å². The van der Waals surface area contributed by atoms with Crippen LogP contribution in [-0.4, -0.2) is 18.5 Å². The summed E-state index contributed by atoms with van der Waals surface area (Å²) < 4.78 is 0. The van der Waals surface area contributed by atoms with Crippen LogP contribution in [0.4, 0.5) is 10.5 Å². The second-order valence-corrected chi connectivity index (χ2v) is 9.29. The van der Waals surface area contributed by atoms with Gasteiger partial charge in [-0.15, -0.1) is 0 Å². The molecule has 1 saturated heterocycles. The third-order valence-electron chi connectivity index (χ3n) is 6.08. The lowest BCUT2D eigenvalue weighted by molar-refractivity contribution is -0.120. The van der Waals surface area contributed by atoms with E-state index in [0.717, 1.165) is 29.5 Å². The van der Waals surface area contributed by atoms with Gasteiger partial charge < -0.3 is 15.5 Å². The SMILES string of the molecule is O=C(NCc1ccccc1)NCc1ccccc1CC1CCC(=O)N(c2c(Cl)cccc2Cl)C1. The van der Waals surface area contributed by atoms with Crippen LogP contribution in [0.1, 0.15) is 29.5 Å².